The molecule has 0 radical (unpaired) electrons. The first-order valence-corrected chi connectivity index (χ1v) is 15.4. The highest BCUT2D eigenvalue weighted by molar-refractivity contribution is 7.90. The molecule has 1 aliphatic rings. The number of rotatable bonds is 8. The van der Waals surface area contributed by atoms with Gasteiger partial charge in [0.1, 0.15) is 0 Å². The fourth-order valence-corrected chi connectivity index (χ4v) is 5.46. The Bertz CT molecular complexity index is 1580. The minimum atomic E-state index is -4.09. The third kappa shape index (κ3) is 7.35. The minimum absolute atomic E-state index is 0.0260. The van der Waals surface area contributed by atoms with E-state index in [9.17, 15) is 16.8 Å². The van der Waals surface area contributed by atoms with Crippen LogP contribution >= 0.6 is 23.2 Å². The van der Waals surface area contributed by atoms with Crippen molar-refractivity contribution < 1.29 is 16.8 Å². The fourth-order valence-electron chi connectivity index (χ4n) is 3.85. The Morgan fingerprint density at radius 1 is 1.00 bits per heavy atom. The summed E-state index contributed by atoms with van der Waals surface area (Å²) in [5.74, 6) is -0.289. The van der Waals surface area contributed by atoms with Crippen molar-refractivity contribution in [1.29, 1.82) is 0 Å². The van der Waals surface area contributed by atoms with Crippen LogP contribution in [0.2, 0.25) is 10.0 Å². The zero-order valence-electron chi connectivity index (χ0n) is 20.8. The first-order valence-electron chi connectivity index (χ1n) is 11.7. The highest BCUT2D eigenvalue weighted by atomic mass is 35.5. The first-order chi connectivity index (χ1) is 18.4. The van der Waals surface area contributed by atoms with E-state index in [-0.39, 0.29) is 36.4 Å². The standard InChI is InChI=1S/C25H26Cl2N6O4S2/c1-32(39(28,36)37)16-15-29-25(31-38(34,35)22-13-11-21(27)12-14-22)33-17-23(18-5-3-2-4-6-18)24(30-33)19-7-9-20(26)10-8-19/h2-14,23H,15-17H2,1H3,(H,29,31)(H2,28,36,37)/t23-/m0/s1. The smallest absolute Gasteiger partial charge is 0.249 e. The fraction of sp³-hybridized carbons (Fsp3) is 0.200. The molecule has 1 heterocycles. The van der Waals surface area contributed by atoms with Gasteiger partial charge in [-0.15, -0.1) is 0 Å². The van der Waals surface area contributed by atoms with Crippen molar-refractivity contribution in [3.05, 3.63) is 100 Å². The molecule has 0 aliphatic carbocycles. The lowest BCUT2D eigenvalue weighted by Crippen LogP contribution is -2.42. The Balaban J connectivity index is 1.72. The van der Waals surface area contributed by atoms with Crippen LogP contribution in [0.4, 0.5) is 0 Å². The van der Waals surface area contributed by atoms with E-state index in [1.807, 2.05) is 42.5 Å². The molecule has 3 N–H and O–H groups in total. The Morgan fingerprint density at radius 3 is 2.18 bits per heavy atom. The Morgan fingerprint density at radius 2 is 1.59 bits per heavy atom. The second-order valence-electron chi connectivity index (χ2n) is 8.67. The molecule has 0 saturated heterocycles. The average molecular weight is 610 g/mol. The topological polar surface area (TPSA) is 138 Å². The van der Waals surface area contributed by atoms with Crippen molar-refractivity contribution in [3.8, 4) is 0 Å². The molecule has 0 unspecified atom stereocenters. The summed E-state index contributed by atoms with van der Waals surface area (Å²) in [4.78, 5) is 4.37. The monoisotopic (exact) mass is 608 g/mol. The van der Waals surface area contributed by atoms with Gasteiger partial charge in [0.25, 0.3) is 20.2 Å². The van der Waals surface area contributed by atoms with Crippen LogP contribution in [0.1, 0.15) is 17.0 Å². The van der Waals surface area contributed by atoms with E-state index in [4.69, 9.17) is 33.4 Å². The molecule has 0 aromatic heterocycles. The number of hydrazone groups is 1. The Hall–Kier alpha value is -3.00. The number of aliphatic imine (C=N–C) groups is 1. The van der Waals surface area contributed by atoms with Crippen LogP contribution in [0.15, 0.2) is 93.9 Å². The molecule has 1 atom stereocenters. The van der Waals surface area contributed by atoms with E-state index < -0.39 is 20.2 Å². The van der Waals surface area contributed by atoms with E-state index in [1.165, 1.54) is 36.3 Å². The van der Waals surface area contributed by atoms with E-state index in [0.29, 0.717) is 15.8 Å². The van der Waals surface area contributed by atoms with Gasteiger partial charge in [-0.1, -0.05) is 65.7 Å². The predicted molar refractivity (Wildman–Crippen MR) is 154 cm³/mol. The maximum absolute atomic E-state index is 13.3. The molecule has 0 spiro atoms. The average Bonchev–Trinajstić information content (AvgIpc) is 3.34. The van der Waals surface area contributed by atoms with Gasteiger partial charge in [-0.05, 0) is 47.5 Å². The zero-order valence-corrected chi connectivity index (χ0v) is 23.9. The molecule has 4 rings (SSSR count). The van der Waals surface area contributed by atoms with E-state index in [2.05, 4.69) is 9.71 Å². The number of hydrogen-bond donors (Lipinski definition) is 2. The van der Waals surface area contributed by atoms with Crippen molar-refractivity contribution >= 4 is 55.1 Å². The molecule has 0 amide bonds. The number of guanidine groups is 1. The molecule has 39 heavy (non-hydrogen) atoms. The van der Waals surface area contributed by atoms with Crippen LogP contribution in [0.3, 0.4) is 0 Å². The van der Waals surface area contributed by atoms with Crippen molar-refractivity contribution in [1.82, 2.24) is 14.0 Å². The Labute approximate surface area is 238 Å². The molecule has 0 fully saturated rings. The number of likely N-dealkylation sites (N-methyl/N-ethyl adjacent to an activating group) is 1. The molecular weight excluding hydrogens is 583 g/mol. The van der Waals surface area contributed by atoms with E-state index in [1.54, 1.807) is 12.1 Å². The van der Waals surface area contributed by atoms with Gasteiger partial charge in [-0.3, -0.25) is 0 Å². The lowest BCUT2D eigenvalue weighted by molar-refractivity contribution is 0.453. The summed E-state index contributed by atoms with van der Waals surface area (Å²) < 4.78 is 53.2. The molecular formula is C25H26Cl2N6O4S2. The Kier molecular flexibility index (Phi) is 8.94. The number of benzene rings is 3. The second-order valence-corrected chi connectivity index (χ2v) is 12.9. The molecule has 0 bridgehead atoms. The molecule has 3 aromatic rings. The summed E-state index contributed by atoms with van der Waals surface area (Å²) >= 11 is 12.0. The van der Waals surface area contributed by atoms with Crippen LogP contribution in [-0.4, -0.2) is 64.5 Å². The molecule has 10 nitrogen and oxygen atoms in total. The lowest BCUT2D eigenvalue weighted by Gasteiger charge is -2.20. The molecule has 1 aliphatic heterocycles. The lowest BCUT2D eigenvalue weighted by atomic mass is 9.91. The summed E-state index contributed by atoms with van der Waals surface area (Å²) in [5.41, 5.74) is 2.48. The maximum atomic E-state index is 13.3. The van der Waals surface area contributed by atoms with Crippen LogP contribution in [0, 0.1) is 0 Å². The summed E-state index contributed by atoms with van der Waals surface area (Å²) in [5, 5.41) is 12.3. The van der Waals surface area contributed by atoms with E-state index in [0.717, 1.165) is 15.4 Å². The van der Waals surface area contributed by atoms with Crippen LogP contribution in [0.25, 0.3) is 0 Å². The summed E-state index contributed by atoms with van der Waals surface area (Å²) in [7, 11) is -6.72. The summed E-state index contributed by atoms with van der Waals surface area (Å²) in [6, 6.07) is 22.5. The van der Waals surface area contributed by atoms with Gasteiger partial charge >= 0.3 is 0 Å². The van der Waals surface area contributed by atoms with Gasteiger partial charge in [0.05, 0.1) is 23.7 Å². The van der Waals surface area contributed by atoms with Crippen LogP contribution in [0.5, 0.6) is 0 Å². The molecule has 206 valence electrons. The highest BCUT2D eigenvalue weighted by Crippen LogP contribution is 2.29. The van der Waals surface area contributed by atoms with Crippen molar-refractivity contribution in [2.24, 2.45) is 15.2 Å². The molecule has 0 saturated carbocycles. The maximum Gasteiger partial charge on any atom is 0.276 e. The number of nitrogens with two attached hydrogens (primary N) is 1. The molecule has 3 aromatic carbocycles. The van der Waals surface area contributed by atoms with Crippen molar-refractivity contribution in [2.75, 3.05) is 26.7 Å². The van der Waals surface area contributed by atoms with Crippen LogP contribution in [-0.2, 0) is 20.2 Å². The van der Waals surface area contributed by atoms with Gasteiger partial charge in [-0.25, -0.2) is 28.3 Å². The largest absolute Gasteiger partial charge is 0.276 e. The third-order valence-corrected chi connectivity index (χ3v) is 8.86. The number of hydrogen-bond acceptors (Lipinski definition) is 6. The van der Waals surface area contributed by atoms with Gasteiger partial charge in [0.15, 0.2) is 0 Å². The summed E-state index contributed by atoms with van der Waals surface area (Å²) in [6.07, 6.45) is 0. The van der Waals surface area contributed by atoms with E-state index >= 15 is 0 Å². The number of nitrogens with zero attached hydrogens (tertiary/aromatic N) is 4. The summed E-state index contributed by atoms with van der Waals surface area (Å²) in [6.45, 7) is 0.118. The van der Waals surface area contributed by atoms with Gasteiger partial charge in [-0.2, -0.15) is 17.8 Å². The molecule has 14 heteroatoms. The first kappa shape index (κ1) is 29.0. The van der Waals surface area contributed by atoms with Gasteiger partial charge < -0.3 is 0 Å². The van der Waals surface area contributed by atoms with Crippen LogP contribution < -0.4 is 9.86 Å². The SMILES string of the molecule is CN(CCN=C(NS(=O)(=O)c1ccc(Cl)cc1)N1C[C@@H](c2ccccc2)C(c2ccc(Cl)cc2)=N1)S(N)(=O)=O. The second kappa shape index (κ2) is 12.0. The minimum Gasteiger partial charge on any atom is -0.249 e. The number of sulfonamides is 1. The van der Waals surface area contributed by atoms with Crippen molar-refractivity contribution in [3.63, 3.8) is 0 Å². The number of halogens is 2. The quantitative estimate of drug-likeness (QED) is 0.298. The van der Waals surface area contributed by atoms with Gasteiger partial charge in [0, 0.05) is 29.6 Å². The third-order valence-electron chi connectivity index (χ3n) is 5.96. The normalized spacial score (nSPS) is 16.4. The van der Waals surface area contributed by atoms with Crippen molar-refractivity contribution in [2.45, 2.75) is 10.8 Å². The predicted octanol–water partition coefficient (Wildman–Crippen LogP) is 3.27. The zero-order chi connectivity index (χ0) is 28.2. The highest BCUT2D eigenvalue weighted by Gasteiger charge is 2.33. The number of nitrogens with one attached hydrogen (secondary N) is 1. The van der Waals surface area contributed by atoms with Gasteiger partial charge in [0.2, 0.25) is 5.96 Å².